The molecule has 0 atom stereocenters. The molecule has 2 nitrogen and oxygen atoms in total. The highest BCUT2D eigenvalue weighted by Crippen LogP contribution is 2.27. The van der Waals surface area contributed by atoms with Gasteiger partial charge in [0.1, 0.15) is 0 Å². The van der Waals surface area contributed by atoms with Gasteiger partial charge in [0, 0.05) is 24.5 Å². The zero-order valence-corrected chi connectivity index (χ0v) is 11.1. The third-order valence-electron chi connectivity index (χ3n) is 3.66. The summed E-state index contributed by atoms with van der Waals surface area (Å²) in [6.45, 7) is 5.23. The van der Waals surface area contributed by atoms with Crippen LogP contribution < -0.4 is 0 Å². The summed E-state index contributed by atoms with van der Waals surface area (Å²) in [4.78, 5) is 2.38. The molecule has 0 amide bonds. The number of rotatable bonds is 3. The summed E-state index contributed by atoms with van der Waals surface area (Å²) in [6, 6.07) is 7.80. The van der Waals surface area contributed by atoms with Gasteiger partial charge in [0.25, 0.3) is 0 Å². The van der Waals surface area contributed by atoms with Crippen molar-refractivity contribution in [1.29, 1.82) is 0 Å². The van der Waals surface area contributed by atoms with E-state index in [0.717, 1.165) is 43.1 Å². The van der Waals surface area contributed by atoms with E-state index in [2.05, 4.69) is 11.8 Å². The van der Waals surface area contributed by atoms with Gasteiger partial charge in [0.05, 0.1) is 5.60 Å². The Hall–Kier alpha value is -0.570. The number of benzene rings is 1. The van der Waals surface area contributed by atoms with Gasteiger partial charge in [0.15, 0.2) is 0 Å². The van der Waals surface area contributed by atoms with Crippen molar-refractivity contribution in [3.63, 3.8) is 0 Å². The molecule has 0 radical (unpaired) electrons. The van der Waals surface area contributed by atoms with E-state index in [9.17, 15) is 5.11 Å². The summed E-state index contributed by atoms with van der Waals surface area (Å²) in [7, 11) is 0. The van der Waals surface area contributed by atoms with Crippen LogP contribution in [0, 0.1) is 0 Å². The molecule has 1 aliphatic rings. The topological polar surface area (TPSA) is 23.5 Å². The van der Waals surface area contributed by atoms with Crippen molar-refractivity contribution < 1.29 is 5.11 Å². The Kier molecular flexibility index (Phi) is 4.08. The maximum atomic E-state index is 10.6. The molecular formula is C14H20ClNO. The van der Waals surface area contributed by atoms with Gasteiger partial charge in [-0.1, -0.05) is 30.7 Å². The second-order valence-corrected chi connectivity index (χ2v) is 5.40. The lowest BCUT2D eigenvalue weighted by Gasteiger charge is -2.38. The summed E-state index contributed by atoms with van der Waals surface area (Å²) < 4.78 is 0. The SMILES string of the molecule is CCN1CCC(O)(Cc2cccc(Cl)c2)CC1. The molecule has 17 heavy (non-hydrogen) atoms. The fraction of sp³-hybridized carbons (Fsp3) is 0.571. The third kappa shape index (κ3) is 3.44. The molecule has 0 spiro atoms. The molecule has 0 aromatic heterocycles. The van der Waals surface area contributed by atoms with Crippen LogP contribution in [0.1, 0.15) is 25.3 Å². The standard InChI is InChI=1S/C14H20ClNO/c1-2-16-8-6-14(17,7-9-16)11-12-4-3-5-13(15)10-12/h3-5,10,17H,2,6-9,11H2,1H3. The van der Waals surface area contributed by atoms with E-state index in [4.69, 9.17) is 11.6 Å². The lowest BCUT2D eigenvalue weighted by molar-refractivity contribution is -0.0194. The first-order valence-corrected chi connectivity index (χ1v) is 6.68. The molecule has 1 heterocycles. The Balaban J connectivity index is 1.99. The van der Waals surface area contributed by atoms with Gasteiger partial charge in [0.2, 0.25) is 0 Å². The van der Waals surface area contributed by atoms with Crippen LogP contribution in [-0.4, -0.2) is 35.2 Å². The second-order valence-electron chi connectivity index (χ2n) is 4.97. The van der Waals surface area contributed by atoms with Crippen LogP contribution in [-0.2, 0) is 6.42 Å². The number of hydrogen-bond acceptors (Lipinski definition) is 2. The van der Waals surface area contributed by atoms with Gasteiger partial charge in [-0.2, -0.15) is 0 Å². The Morgan fingerprint density at radius 2 is 2.06 bits per heavy atom. The van der Waals surface area contributed by atoms with Crippen LogP contribution in [0.25, 0.3) is 0 Å². The number of likely N-dealkylation sites (tertiary alicyclic amines) is 1. The van der Waals surface area contributed by atoms with Crippen LogP contribution in [0.5, 0.6) is 0 Å². The Morgan fingerprint density at radius 1 is 1.35 bits per heavy atom. The highest BCUT2D eigenvalue weighted by molar-refractivity contribution is 6.30. The van der Waals surface area contributed by atoms with Crippen LogP contribution in [0.2, 0.25) is 5.02 Å². The van der Waals surface area contributed by atoms with Crippen molar-refractivity contribution in [2.75, 3.05) is 19.6 Å². The van der Waals surface area contributed by atoms with Gasteiger partial charge < -0.3 is 10.0 Å². The lowest BCUT2D eigenvalue weighted by Crippen LogP contribution is -2.45. The molecule has 1 aromatic carbocycles. The molecule has 3 heteroatoms. The van der Waals surface area contributed by atoms with E-state index >= 15 is 0 Å². The molecule has 0 bridgehead atoms. The highest BCUT2D eigenvalue weighted by Gasteiger charge is 2.31. The quantitative estimate of drug-likeness (QED) is 0.896. The zero-order chi connectivity index (χ0) is 12.3. The first-order valence-electron chi connectivity index (χ1n) is 6.30. The molecule has 1 fully saturated rings. The van der Waals surface area contributed by atoms with Crippen molar-refractivity contribution >= 4 is 11.6 Å². The summed E-state index contributed by atoms with van der Waals surface area (Å²) in [5.74, 6) is 0. The first kappa shape index (κ1) is 12.9. The van der Waals surface area contributed by atoms with Gasteiger partial charge >= 0.3 is 0 Å². The summed E-state index contributed by atoms with van der Waals surface area (Å²) >= 11 is 5.96. The number of piperidine rings is 1. The van der Waals surface area contributed by atoms with E-state index in [-0.39, 0.29) is 0 Å². The largest absolute Gasteiger partial charge is 0.389 e. The molecule has 0 unspecified atom stereocenters. The van der Waals surface area contributed by atoms with Crippen LogP contribution >= 0.6 is 11.6 Å². The molecule has 1 aliphatic heterocycles. The lowest BCUT2D eigenvalue weighted by atomic mass is 9.85. The minimum atomic E-state index is -0.545. The number of nitrogens with zero attached hydrogens (tertiary/aromatic N) is 1. The van der Waals surface area contributed by atoms with E-state index in [1.54, 1.807) is 0 Å². The van der Waals surface area contributed by atoms with Crippen molar-refractivity contribution in [2.45, 2.75) is 31.8 Å². The normalized spacial score (nSPS) is 20.4. The molecule has 1 aromatic rings. The van der Waals surface area contributed by atoms with Crippen molar-refractivity contribution in [1.82, 2.24) is 4.90 Å². The van der Waals surface area contributed by atoms with E-state index in [0.29, 0.717) is 6.42 Å². The van der Waals surface area contributed by atoms with E-state index in [1.165, 1.54) is 0 Å². The monoisotopic (exact) mass is 253 g/mol. The van der Waals surface area contributed by atoms with Crippen LogP contribution in [0.4, 0.5) is 0 Å². The summed E-state index contributed by atoms with van der Waals surface area (Å²) in [5.41, 5.74) is 0.584. The average molecular weight is 254 g/mol. The van der Waals surface area contributed by atoms with Crippen LogP contribution in [0.15, 0.2) is 24.3 Å². The van der Waals surface area contributed by atoms with Crippen molar-refractivity contribution in [3.05, 3.63) is 34.9 Å². The molecule has 2 rings (SSSR count). The van der Waals surface area contributed by atoms with Gasteiger partial charge in [-0.05, 0) is 37.1 Å². The van der Waals surface area contributed by atoms with Crippen LogP contribution in [0.3, 0.4) is 0 Å². The Labute approximate surface area is 108 Å². The first-order chi connectivity index (χ1) is 8.11. The predicted molar refractivity (Wildman–Crippen MR) is 71.5 cm³/mol. The fourth-order valence-corrected chi connectivity index (χ4v) is 2.70. The average Bonchev–Trinajstić information content (AvgIpc) is 2.29. The molecule has 1 saturated heterocycles. The van der Waals surface area contributed by atoms with Crippen molar-refractivity contribution in [2.24, 2.45) is 0 Å². The highest BCUT2D eigenvalue weighted by atomic mass is 35.5. The third-order valence-corrected chi connectivity index (χ3v) is 3.89. The van der Waals surface area contributed by atoms with Gasteiger partial charge in [-0.15, -0.1) is 0 Å². The Bertz CT molecular complexity index is 372. The molecular weight excluding hydrogens is 234 g/mol. The smallest absolute Gasteiger partial charge is 0.0712 e. The summed E-state index contributed by atoms with van der Waals surface area (Å²) in [5, 5.41) is 11.3. The molecule has 94 valence electrons. The maximum absolute atomic E-state index is 10.6. The van der Waals surface area contributed by atoms with E-state index in [1.807, 2.05) is 24.3 Å². The number of halogens is 1. The second kappa shape index (κ2) is 5.38. The molecule has 1 N–H and O–H groups in total. The van der Waals surface area contributed by atoms with Gasteiger partial charge in [-0.25, -0.2) is 0 Å². The predicted octanol–water partition coefficient (Wildman–Crippen LogP) is 2.73. The van der Waals surface area contributed by atoms with Gasteiger partial charge in [-0.3, -0.25) is 0 Å². The summed E-state index contributed by atoms with van der Waals surface area (Å²) in [6.07, 6.45) is 2.42. The minimum Gasteiger partial charge on any atom is -0.389 e. The number of hydrogen-bond donors (Lipinski definition) is 1. The van der Waals surface area contributed by atoms with E-state index < -0.39 is 5.60 Å². The molecule has 0 aliphatic carbocycles. The zero-order valence-electron chi connectivity index (χ0n) is 10.3. The van der Waals surface area contributed by atoms with Crippen molar-refractivity contribution in [3.8, 4) is 0 Å². The minimum absolute atomic E-state index is 0.545. The fourth-order valence-electron chi connectivity index (χ4n) is 2.49. The molecule has 0 saturated carbocycles. The Morgan fingerprint density at radius 3 is 2.65 bits per heavy atom. The number of aliphatic hydroxyl groups is 1. The maximum Gasteiger partial charge on any atom is 0.0712 e.